The summed E-state index contributed by atoms with van der Waals surface area (Å²) >= 11 is 0. The third kappa shape index (κ3) is 6.51. The Morgan fingerprint density at radius 3 is 1.80 bits per heavy atom. The molecule has 7 rings (SSSR count). The zero-order chi connectivity index (χ0) is 36.5. The second kappa shape index (κ2) is 12.3. The van der Waals surface area contributed by atoms with E-state index in [1.165, 1.54) is 50.2 Å². The summed E-state index contributed by atoms with van der Waals surface area (Å²) in [5, 5.41) is 6.18. The number of anilines is 4. The van der Waals surface area contributed by atoms with E-state index in [-0.39, 0.29) is 16.2 Å². The number of pyridine rings is 1. The van der Waals surface area contributed by atoms with Crippen molar-refractivity contribution >= 4 is 44.6 Å². The SMILES string of the molecule is CC1=C(C)N(c2cc(C(C)(C)C)cc(C(C)(C)C)c2)CN1c1cccc(Nc2ccc3c4ccccc4n(-c4cc(C(C)(C)C)ccn4)c3c2)c1. The molecular formula is C46H53N5. The molecule has 0 atom stereocenters. The first-order chi connectivity index (χ1) is 24.0. The Morgan fingerprint density at radius 1 is 0.529 bits per heavy atom. The van der Waals surface area contributed by atoms with E-state index in [4.69, 9.17) is 4.98 Å². The normalized spacial score (nSPS) is 14.3. The fourth-order valence-corrected chi connectivity index (χ4v) is 7.15. The van der Waals surface area contributed by atoms with E-state index < -0.39 is 0 Å². The maximum Gasteiger partial charge on any atom is 0.137 e. The van der Waals surface area contributed by atoms with E-state index >= 15 is 0 Å². The van der Waals surface area contributed by atoms with E-state index in [9.17, 15) is 0 Å². The summed E-state index contributed by atoms with van der Waals surface area (Å²) in [6, 6.07) is 35.6. The van der Waals surface area contributed by atoms with Gasteiger partial charge < -0.3 is 15.1 Å². The number of allylic oxidation sites excluding steroid dienone is 2. The van der Waals surface area contributed by atoms with Gasteiger partial charge in [0.1, 0.15) is 5.82 Å². The van der Waals surface area contributed by atoms with Gasteiger partial charge >= 0.3 is 0 Å². The van der Waals surface area contributed by atoms with Crippen molar-refractivity contribution in [2.75, 3.05) is 21.8 Å². The van der Waals surface area contributed by atoms with Gasteiger partial charge in [0.2, 0.25) is 0 Å². The van der Waals surface area contributed by atoms with Crippen LogP contribution < -0.4 is 15.1 Å². The summed E-state index contributed by atoms with van der Waals surface area (Å²) < 4.78 is 2.30. The lowest BCUT2D eigenvalue weighted by Gasteiger charge is -2.30. The highest BCUT2D eigenvalue weighted by Gasteiger charge is 2.29. The number of para-hydroxylation sites is 1. The van der Waals surface area contributed by atoms with Gasteiger partial charge in [-0.2, -0.15) is 0 Å². The Kier molecular flexibility index (Phi) is 8.32. The summed E-state index contributed by atoms with van der Waals surface area (Å²) in [7, 11) is 0. The second-order valence-electron chi connectivity index (χ2n) is 17.3. The van der Waals surface area contributed by atoms with Gasteiger partial charge in [-0.05, 0) is 107 Å². The van der Waals surface area contributed by atoms with Gasteiger partial charge in [0.15, 0.2) is 0 Å². The van der Waals surface area contributed by atoms with Crippen LogP contribution in [0.3, 0.4) is 0 Å². The first-order valence-corrected chi connectivity index (χ1v) is 18.2. The zero-order valence-corrected chi connectivity index (χ0v) is 32.3. The number of benzene rings is 4. The van der Waals surface area contributed by atoms with Gasteiger partial charge in [-0.1, -0.05) is 98.7 Å². The maximum absolute atomic E-state index is 4.87. The molecule has 4 aromatic carbocycles. The van der Waals surface area contributed by atoms with Crippen LogP contribution in [0.2, 0.25) is 0 Å². The first kappa shape index (κ1) is 34.4. The van der Waals surface area contributed by atoms with Crippen LogP contribution in [0.4, 0.5) is 22.7 Å². The zero-order valence-electron chi connectivity index (χ0n) is 32.3. The Bertz CT molecular complexity index is 2270. The number of nitrogens with one attached hydrogen (secondary N) is 1. The lowest BCUT2D eigenvalue weighted by molar-refractivity contribution is 0.568. The minimum atomic E-state index is 0.0263. The molecule has 0 aliphatic carbocycles. The van der Waals surface area contributed by atoms with Gasteiger partial charge in [0.25, 0.3) is 0 Å². The van der Waals surface area contributed by atoms with Gasteiger partial charge in [-0.15, -0.1) is 0 Å². The molecule has 1 N–H and O–H groups in total. The summed E-state index contributed by atoms with van der Waals surface area (Å²) in [6.45, 7) is 25.8. The standard InChI is InChI=1S/C46H53N5/c1-30-31(2)50(38-24-33(45(6,7)8)23-34(25-38)46(9,10)11)29-49(30)37-16-14-15-35(27-37)48-36-19-20-40-39-17-12-13-18-41(39)51(42(40)28-36)43-26-32(21-22-47-43)44(3,4)5/h12-28,48H,29H2,1-11H3. The summed E-state index contributed by atoms with van der Waals surface area (Å²) in [4.78, 5) is 9.76. The molecule has 5 heteroatoms. The number of hydrogen-bond donors (Lipinski definition) is 1. The summed E-state index contributed by atoms with van der Waals surface area (Å²) in [5.74, 6) is 0.937. The van der Waals surface area contributed by atoms with Crippen molar-refractivity contribution in [2.24, 2.45) is 0 Å². The number of aromatic nitrogens is 2. The second-order valence-corrected chi connectivity index (χ2v) is 17.3. The molecule has 0 amide bonds. The molecule has 2 aromatic heterocycles. The largest absolute Gasteiger partial charge is 0.355 e. The molecule has 51 heavy (non-hydrogen) atoms. The van der Waals surface area contributed by atoms with Crippen LogP contribution in [0.5, 0.6) is 0 Å². The summed E-state index contributed by atoms with van der Waals surface area (Å²) in [6.07, 6.45) is 1.94. The Morgan fingerprint density at radius 2 is 1.14 bits per heavy atom. The van der Waals surface area contributed by atoms with E-state index in [2.05, 4.69) is 193 Å². The molecule has 0 saturated carbocycles. The summed E-state index contributed by atoms with van der Waals surface area (Å²) in [5.41, 5.74) is 13.5. The quantitative estimate of drug-likeness (QED) is 0.197. The van der Waals surface area contributed by atoms with Crippen LogP contribution >= 0.6 is 0 Å². The lowest BCUT2D eigenvalue weighted by atomic mass is 9.80. The average Bonchev–Trinajstić information content (AvgIpc) is 3.56. The van der Waals surface area contributed by atoms with E-state index in [1.54, 1.807) is 0 Å². The van der Waals surface area contributed by atoms with Gasteiger partial charge in [0.05, 0.1) is 17.7 Å². The maximum atomic E-state index is 4.87. The van der Waals surface area contributed by atoms with E-state index in [1.807, 2.05) is 6.20 Å². The molecule has 3 heterocycles. The minimum absolute atomic E-state index is 0.0263. The third-order valence-corrected chi connectivity index (χ3v) is 10.5. The number of rotatable bonds is 5. The van der Waals surface area contributed by atoms with Crippen molar-refractivity contribution in [2.45, 2.75) is 92.4 Å². The molecule has 5 nitrogen and oxygen atoms in total. The van der Waals surface area contributed by atoms with Crippen molar-refractivity contribution < 1.29 is 0 Å². The van der Waals surface area contributed by atoms with Crippen LogP contribution in [-0.4, -0.2) is 16.2 Å². The predicted molar refractivity (Wildman–Crippen MR) is 219 cm³/mol. The van der Waals surface area contributed by atoms with Crippen LogP contribution in [-0.2, 0) is 16.2 Å². The van der Waals surface area contributed by atoms with Crippen LogP contribution in [0.25, 0.3) is 27.6 Å². The van der Waals surface area contributed by atoms with Crippen molar-refractivity contribution in [3.8, 4) is 5.82 Å². The molecule has 0 radical (unpaired) electrons. The lowest BCUT2D eigenvalue weighted by Crippen LogP contribution is -2.28. The number of hydrogen-bond acceptors (Lipinski definition) is 4. The Balaban J connectivity index is 1.22. The molecule has 1 aliphatic heterocycles. The molecule has 0 fully saturated rings. The molecule has 262 valence electrons. The number of fused-ring (bicyclic) bond motifs is 3. The van der Waals surface area contributed by atoms with Crippen LogP contribution in [0.1, 0.15) is 92.9 Å². The highest BCUT2D eigenvalue weighted by molar-refractivity contribution is 6.10. The molecule has 0 bridgehead atoms. The molecule has 0 saturated heterocycles. The molecule has 6 aromatic rings. The van der Waals surface area contributed by atoms with Gasteiger partial charge in [-0.25, -0.2) is 4.98 Å². The molecular weight excluding hydrogens is 623 g/mol. The highest BCUT2D eigenvalue weighted by atomic mass is 15.4. The van der Waals surface area contributed by atoms with E-state index in [0.717, 1.165) is 34.9 Å². The molecule has 1 aliphatic rings. The Labute approximate surface area is 304 Å². The van der Waals surface area contributed by atoms with Crippen LogP contribution in [0, 0.1) is 0 Å². The topological polar surface area (TPSA) is 36.3 Å². The highest BCUT2D eigenvalue weighted by Crippen LogP contribution is 2.40. The number of nitrogens with zero attached hydrogens (tertiary/aromatic N) is 4. The predicted octanol–water partition coefficient (Wildman–Crippen LogP) is 12.4. The fourth-order valence-electron chi connectivity index (χ4n) is 7.15. The molecule has 0 unspecified atom stereocenters. The van der Waals surface area contributed by atoms with Crippen molar-refractivity contribution in [1.82, 2.24) is 9.55 Å². The van der Waals surface area contributed by atoms with Gasteiger partial charge in [-0.3, -0.25) is 4.57 Å². The van der Waals surface area contributed by atoms with Crippen molar-refractivity contribution in [3.63, 3.8) is 0 Å². The van der Waals surface area contributed by atoms with Crippen molar-refractivity contribution in [3.05, 3.63) is 131 Å². The third-order valence-electron chi connectivity index (χ3n) is 10.5. The minimum Gasteiger partial charge on any atom is -0.355 e. The fraction of sp³-hybridized carbons (Fsp3) is 0.326. The first-order valence-electron chi connectivity index (χ1n) is 18.2. The van der Waals surface area contributed by atoms with Crippen molar-refractivity contribution in [1.29, 1.82) is 0 Å². The smallest absolute Gasteiger partial charge is 0.137 e. The van der Waals surface area contributed by atoms with Gasteiger partial charge in [0, 0.05) is 51.1 Å². The van der Waals surface area contributed by atoms with E-state index in [0.29, 0.717) is 0 Å². The Hall–Kier alpha value is -5.03. The average molecular weight is 676 g/mol. The van der Waals surface area contributed by atoms with Crippen LogP contribution in [0.15, 0.2) is 115 Å². The molecule has 0 spiro atoms. The monoisotopic (exact) mass is 675 g/mol.